The standard InChI is InChI=1S/C17H25FO3/c1-4-21-17(9-7-12(2)8-10-17)16(19)14-11-13(18)5-6-15(14)20-3/h5-6,11-12,16,19H,4,7-10H2,1-3H3. The molecule has 1 unspecified atom stereocenters. The summed E-state index contributed by atoms with van der Waals surface area (Å²) < 4.78 is 24.8. The number of methoxy groups -OCH3 is 1. The minimum atomic E-state index is -0.879. The third kappa shape index (κ3) is 3.38. The van der Waals surface area contributed by atoms with Crippen molar-refractivity contribution in [1.82, 2.24) is 0 Å². The first-order valence-corrected chi connectivity index (χ1v) is 7.68. The molecule has 0 aliphatic heterocycles. The summed E-state index contributed by atoms with van der Waals surface area (Å²) in [6.07, 6.45) is 2.70. The van der Waals surface area contributed by atoms with Crippen LogP contribution in [0.25, 0.3) is 0 Å². The van der Waals surface area contributed by atoms with Gasteiger partial charge in [0.25, 0.3) is 0 Å². The van der Waals surface area contributed by atoms with Crippen molar-refractivity contribution in [2.75, 3.05) is 13.7 Å². The smallest absolute Gasteiger partial charge is 0.124 e. The summed E-state index contributed by atoms with van der Waals surface area (Å²) in [4.78, 5) is 0. The van der Waals surface area contributed by atoms with Crippen LogP contribution in [0, 0.1) is 11.7 Å². The third-order valence-electron chi connectivity index (χ3n) is 4.54. The average molecular weight is 296 g/mol. The van der Waals surface area contributed by atoms with Gasteiger partial charge < -0.3 is 14.6 Å². The van der Waals surface area contributed by atoms with Gasteiger partial charge in [-0.1, -0.05) is 6.92 Å². The molecule has 0 spiro atoms. The maximum atomic E-state index is 13.6. The van der Waals surface area contributed by atoms with Gasteiger partial charge in [0.15, 0.2) is 0 Å². The quantitative estimate of drug-likeness (QED) is 0.897. The number of ether oxygens (including phenoxy) is 2. The van der Waals surface area contributed by atoms with E-state index in [0.717, 1.165) is 25.7 Å². The van der Waals surface area contributed by atoms with Gasteiger partial charge in [0.1, 0.15) is 17.7 Å². The highest BCUT2D eigenvalue weighted by atomic mass is 19.1. The molecule has 0 saturated heterocycles. The Kier molecular flexibility index (Phi) is 5.22. The summed E-state index contributed by atoms with van der Waals surface area (Å²) in [7, 11) is 1.53. The third-order valence-corrected chi connectivity index (χ3v) is 4.54. The van der Waals surface area contributed by atoms with Gasteiger partial charge in [-0.15, -0.1) is 0 Å². The summed E-state index contributed by atoms with van der Waals surface area (Å²) >= 11 is 0. The second-order valence-electron chi connectivity index (χ2n) is 5.97. The first kappa shape index (κ1) is 16.2. The van der Waals surface area contributed by atoms with Crippen LogP contribution in [-0.2, 0) is 4.74 Å². The lowest BCUT2D eigenvalue weighted by atomic mass is 9.74. The van der Waals surface area contributed by atoms with Crippen LogP contribution in [0.15, 0.2) is 18.2 Å². The largest absolute Gasteiger partial charge is 0.496 e. The van der Waals surface area contributed by atoms with Crippen LogP contribution < -0.4 is 4.74 Å². The molecular formula is C17H25FO3. The Labute approximate surface area is 126 Å². The number of aliphatic hydroxyl groups is 1. The summed E-state index contributed by atoms with van der Waals surface area (Å²) in [5.41, 5.74) is -0.164. The molecule has 1 fully saturated rings. The van der Waals surface area contributed by atoms with E-state index in [1.807, 2.05) is 6.92 Å². The van der Waals surface area contributed by atoms with E-state index in [1.54, 1.807) is 6.07 Å². The normalized spacial score (nSPS) is 27.4. The van der Waals surface area contributed by atoms with Crippen LogP contribution in [-0.4, -0.2) is 24.4 Å². The molecule has 0 radical (unpaired) electrons. The molecule has 1 N–H and O–H groups in total. The van der Waals surface area contributed by atoms with Gasteiger partial charge in [0.05, 0.1) is 12.7 Å². The van der Waals surface area contributed by atoms with Crippen molar-refractivity contribution in [1.29, 1.82) is 0 Å². The molecule has 3 nitrogen and oxygen atoms in total. The molecule has 4 heteroatoms. The molecule has 1 aliphatic carbocycles. The fourth-order valence-corrected chi connectivity index (χ4v) is 3.24. The number of hydrogen-bond acceptors (Lipinski definition) is 3. The van der Waals surface area contributed by atoms with Crippen molar-refractivity contribution < 1.29 is 19.0 Å². The van der Waals surface area contributed by atoms with E-state index in [1.165, 1.54) is 19.2 Å². The highest BCUT2D eigenvalue weighted by molar-refractivity contribution is 5.37. The monoisotopic (exact) mass is 296 g/mol. The molecule has 1 aromatic carbocycles. The van der Waals surface area contributed by atoms with Gasteiger partial charge in [0.2, 0.25) is 0 Å². The van der Waals surface area contributed by atoms with Crippen molar-refractivity contribution >= 4 is 0 Å². The lowest BCUT2D eigenvalue weighted by Gasteiger charge is -2.42. The van der Waals surface area contributed by atoms with E-state index in [4.69, 9.17) is 9.47 Å². The molecule has 21 heavy (non-hydrogen) atoms. The van der Waals surface area contributed by atoms with E-state index < -0.39 is 11.7 Å². The summed E-state index contributed by atoms with van der Waals surface area (Å²) in [6, 6.07) is 4.24. The molecule has 0 heterocycles. The second kappa shape index (κ2) is 6.75. The molecule has 0 amide bonds. The van der Waals surface area contributed by atoms with Crippen LogP contribution in [0.3, 0.4) is 0 Å². The Morgan fingerprint density at radius 1 is 1.38 bits per heavy atom. The SMILES string of the molecule is CCOC1(C(O)c2cc(F)ccc2OC)CCC(C)CC1. The van der Waals surface area contributed by atoms with Crippen molar-refractivity contribution in [3.05, 3.63) is 29.6 Å². The molecule has 1 aliphatic rings. The number of benzene rings is 1. The number of rotatable bonds is 5. The Bertz CT molecular complexity index is 467. The van der Waals surface area contributed by atoms with Gasteiger partial charge in [-0.3, -0.25) is 0 Å². The Balaban J connectivity index is 2.34. The predicted molar refractivity (Wildman–Crippen MR) is 79.9 cm³/mol. The lowest BCUT2D eigenvalue weighted by Crippen LogP contribution is -2.43. The first-order chi connectivity index (χ1) is 10.0. The molecule has 1 saturated carbocycles. The molecule has 118 valence electrons. The van der Waals surface area contributed by atoms with E-state index in [2.05, 4.69) is 6.92 Å². The van der Waals surface area contributed by atoms with E-state index >= 15 is 0 Å². The van der Waals surface area contributed by atoms with Gasteiger partial charge in [-0.2, -0.15) is 0 Å². The fraction of sp³-hybridized carbons (Fsp3) is 0.647. The van der Waals surface area contributed by atoms with Crippen LogP contribution in [0.4, 0.5) is 4.39 Å². The fourth-order valence-electron chi connectivity index (χ4n) is 3.24. The van der Waals surface area contributed by atoms with E-state index in [9.17, 15) is 9.50 Å². The molecule has 1 aromatic rings. The van der Waals surface area contributed by atoms with Crippen LogP contribution in [0.5, 0.6) is 5.75 Å². The minimum Gasteiger partial charge on any atom is -0.496 e. The highest BCUT2D eigenvalue weighted by Crippen LogP contribution is 2.45. The first-order valence-electron chi connectivity index (χ1n) is 7.68. The Morgan fingerprint density at radius 3 is 2.62 bits per heavy atom. The van der Waals surface area contributed by atoms with Crippen molar-refractivity contribution in [3.8, 4) is 5.75 Å². The van der Waals surface area contributed by atoms with Gasteiger partial charge in [0, 0.05) is 12.2 Å². The minimum absolute atomic E-state index is 0.374. The maximum Gasteiger partial charge on any atom is 0.124 e. The molecule has 2 rings (SSSR count). The van der Waals surface area contributed by atoms with E-state index in [0.29, 0.717) is 23.8 Å². The van der Waals surface area contributed by atoms with Crippen LogP contribution >= 0.6 is 0 Å². The summed E-state index contributed by atoms with van der Waals surface area (Å²) in [5.74, 6) is 0.766. The number of halogens is 1. The van der Waals surface area contributed by atoms with Gasteiger partial charge in [-0.25, -0.2) is 4.39 Å². The zero-order chi connectivity index (χ0) is 15.5. The van der Waals surface area contributed by atoms with Crippen LogP contribution in [0.2, 0.25) is 0 Å². The Morgan fingerprint density at radius 2 is 2.05 bits per heavy atom. The predicted octanol–water partition coefficient (Wildman–Crippen LogP) is 3.85. The molecule has 1 atom stereocenters. The zero-order valence-corrected chi connectivity index (χ0v) is 13.1. The van der Waals surface area contributed by atoms with E-state index in [-0.39, 0.29) is 5.82 Å². The molecule has 0 bridgehead atoms. The molecule has 0 aromatic heterocycles. The number of aliphatic hydroxyl groups excluding tert-OH is 1. The number of hydrogen-bond donors (Lipinski definition) is 1. The van der Waals surface area contributed by atoms with Crippen molar-refractivity contribution in [3.63, 3.8) is 0 Å². The molecular weight excluding hydrogens is 271 g/mol. The van der Waals surface area contributed by atoms with Gasteiger partial charge in [-0.05, 0) is 56.7 Å². The summed E-state index contributed by atoms with van der Waals surface area (Å²) in [6.45, 7) is 4.67. The average Bonchev–Trinajstić information content (AvgIpc) is 2.49. The zero-order valence-electron chi connectivity index (χ0n) is 13.1. The van der Waals surface area contributed by atoms with Crippen molar-refractivity contribution in [2.45, 2.75) is 51.2 Å². The van der Waals surface area contributed by atoms with Gasteiger partial charge >= 0.3 is 0 Å². The van der Waals surface area contributed by atoms with Crippen molar-refractivity contribution in [2.24, 2.45) is 5.92 Å². The maximum absolute atomic E-state index is 13.6. The van der Waals surface area contributed by atoms with Crippen LogP contribution in [0.1, 0.15) is 51.2 Å². The lowest BCUT2D eigenvalue weighted by molar-refractivity contribution is -0.147. The topological polar surface area (TPSA) is 38.7 Å². The second-order valence-corrected chi connectivity index (χ2v) is 5.97. The highest BCUT2D eigenvalue weighted by Gasteiger charge is 2.43. The summed E-state index contributed by atoms with van der Waals surface area (Å²) in [5, 5.41) is 10.9. The Hall–Kier alpha value is -1.13.